The van der Waals surface area contributed by atoms with Gasteiger partial charge in [0.25, 0.3) is 0 Å². The predicted octanol–water partition coefficient (Wildman–Crippen LogP) is 4.88. The molecule has 346 valence electrons. The van der Waals surface area contributed by atoms with Gasteiger partial charge in [0.05, 0.1) is 0 Å². The Morgan fingerprint density at radius 1 is 0.903 bits per heavy atom. The smallest absolute Gasteiger partial charge is 0.344 e. The molecule has 0 radical (unpaired) electrons. The second-order valence-corrected chi connectivity index (χ2v) is 18.3. The standard InChI is InChI=1S/C43H62Cl2F3N7O7/c1-8-30-39(60)52(5)20-13-10-14-32(35(56)51-31(22-25(2)3)40(61)54(7)34(37(58)50-30)24-27-23-28(44)15-16-29(27)45)53(6)38(59)26(4)49-36(57)33-17-21-55(33)41(62)42(43(46,47)48)18-11-9-12-19-42/h15-16,23,25-26,30-34H,8-14,17-22,24H2,1-7H3,(H,49,57)(H,50,58)(H,51,56)/t26-,30+,31-,32-,33-,34-/m0/s1. The fourth-order valence-electron chi connectivity index (χ4n) is 8.63. The zero-order chi connectivity index (χ0) is 46.3. The van der Waals surface area contributed by atoms with Crippen LogP contribution in [-0.2, 0) is 40.0 Å². The maximum atomic E-state index is 14.5. The Labute approximate surface area is 372 Å². The molecular formula is C43H62Cl2F3N7O7. The number of hydrogen-bond acceptors (Lipinski definition) is 7. The molecule has 2 saturated heterocycles. The number of rotatable bonds is 10. The van der Waals surface area contributed by atoms with Crippen LogP contribution in [0.5, 0.6) is 0 Å². The second-order valence-electron chi connectivity index (χ2n) is 17.5. The van der Waals surface area contributed by atoms with Gasteiger partial charge in [-0.25, -0.2) is 0 Å². The van der Waals surface area contributed by atoms with Crippen molar-refractivity contribution in [1.82, 2.24) is 35.6 Å². The molecule has 2 aliphatic heterocycles. The van der Waals surface area contributed by atoms with Gasteiger partial charge in [-0.3, -0.25) is 33.6 Å². The third-order valence-corrected chi connectivity index (χ3v) is 13.2. The molecule has 2 heterocycles. The summed E-state index contributed by atoms with van der Waals surface area (Å²) in [5, 5.41) is 8.89. The number of likely N-dealkylation sites (tertiary alicyclic amines) is 1. The number of nitrogens with zero attached hydrogens (tertiary/aromatic N) is 4. The van der Waals surface area contributed by atoms with Gasteiger partial charge >= 0.3 is 6.18 Å². The van der Waals surface area contributed by atoms with Gasteiger partial charge in [-0.05, 0) is 88.0 Å². The molecule has 1 aromatic rings. The van der Waals surface area contributed by atoms with Crippen LogP contribution in [0.4, 0.5) is 13.2 Å². The minimum absolute atomic E-state index is 0.0235. The molecule has 6 atom stereocenters. The molecule has 0 bridgehead atoms. The maximum Gasteiger partial charge on any atom is 0.403 e. The van der Waals surface area contributed by atoms with Crippen LogP contribution in [0.15, 0.2) is 18.2 Å². The summed E-state index contributed by atoms with van der Waals surface area (Å²) in [6.45, 7) is 7.08. The van der Waals surface area contributed by atoms with Gasteiger partial charge in [0, 0.05) is 50.7 Å². The SMILES string of the molecule is CC[C@H]1NC(=O)[C@H](Cc2cc(Cl)ccc2Cl)N(C)C(=O)[C@H](CC(C)C)NC(=O)[C@@H](N(C)C(=O)[C@H](C)NC(=O)[C@@H]2CCN2C(=O)C2(C(F)(F)F)CCCCC2)CCCCN(C)C1=O. The number of amides is 7. The van der Waals surface area contributed by atoms with Crippen LogP contribution in [0.3, 0.4) is 0 Å². The van der Waals surface area contributed by atoms with E-state index in [2.05, 4.69) is 16.0 Å². The van der Waals surface area contributed by atoms with Crippen molar-refractivity contribution in [3.63, 3.8) is 0 Å². The number of benzene rings is 1. The summed E-state index contributed by atoms with van der Waals surface area (Å²) >= 11 is 12.8. The maximum absolute atomic E-state index is 14.5. The number of carbonyl (C=O) groups is 7. The fourth-order valence-corrected chi connectivity index (χ4v) is 9.02. The molecule has 3 fully saturated rings. The van der Waals surface area contributed by atoms with Crippen molar-refractivity contribution in [3.8, 4) is 0 Å². The fraction of sp³-hybridized carbons (Fsp3) is 0.698. The first-order valence-electron chi connectivity index (χ1n) is 21.6. The van der Waals surface area contributed by atoms with Crippen LogP contribution in [-0.4, -0.2) is 138 Å². The number of alkyl halides is 3. The van der Waals surface area contributed by atoms with E-state index >= 15 is 0 Å². The minimum Gasteiger partial charge on any atom is -0.344 e. The van der Waals surface area contributed by atoms with Crippen molar-refractivity contribution in [2.75, 3.05) is 34.2 Å². The summed E-state index contributed by atoms with van der Waals surface area (Å²) in [6, 6.07) is -2.14. The van der Waals surface area contributed by atoms with E-state index in [0.29, 0.717) is 34.9 Å². The molecule has 3 N–H and O–H groups in total. The molecule has 62 heavy (non-hydrogen) atoms. The molecule has 4 rings (SSSR count). The number of likely N-dealkylation sites (N-methyl/N-ethyl adjacent to an activating group) is 3. The van der Waals surface area contributed by atoms with E-state index in [0.717, 1.165) is 9.80 Å². The van der Waals surface area contributed by atoms with Crippen LogP contribution >= 0.6 is 23.2 Å². The van der Waals surface area contributed by atoms with E-state index in [1.54, 1.807) is 32.2 Å². The monoisotopic (exact) mass is 915 g/mol. The molecule has 1 saturated carbocycles. The lowest BCUT2D eigenvalue weighted by Gasteiger charge is -2.47. The van der Waals surface area contributed by atoms with E-state index < -0.39 is 83.3 Å². The van der Waals surface area contributed by atoms with Gasteiger partial charge in [0.2, 0.25) is 41.4 Å². The first kappa shape index (κ1) is 50.5. The molecular weight excluding hydrogens is 854 g/mol. The van der Waals surface area contributed by atoms with Gasteiger partial charge in [0.15, 0.2) is 0 Å². The highest BCUT2D eigenvalue weighted by Gasteiger charge is 2.62. The van der Waals surface area contributed by atoms with Crippen LogP contribution in [0.2, 0.25) is 10.0 Å². The molecule has 1 aromatic carbocycles. The molecule has 7 amide bonds. The van der Waals surface area contributed by atoms with Crippen molar-refractivity contribution >= 4 is 64.6 Å². The Morgan fingerprint density at radius 2 is 1.55 bits per heavy atom. The highest BCUT2D eigenvalue weighted by atomic mass is 35.5. The summed E-state index contributed by atoms with van der Waals surface area (Å²) in [6.07, 6.45) is -3.07. The van der Waals surface area contributed by atoms with Crippen LogP contribution < -0.4 is 16.0 Å². The first-order valence-corrected chi connectivity index (χ1v) is 22.3. The molecule has 1 aliphatic carbocycles. The highest BCUT2D eigenvalue weighted by molar-refractivity contribution is 6.33. The number of carbonyl (C=O) groups excluding carboxylic acids is 7. The number of nitrogens with one attached hydrogen (secondary N) is 3. The molecule has 14 nitrogen and oxygen atoms in total. The van der Waals surface area contributed by atoms with E-state index in [-0.39, 0.29) is 82.7 Å². The van der Waals surface area contributed by atoms with Crippen molar-refractivity contribution in [3.05, 3.63) is 33.8 Å². The Kier molecular flexibility index (Phi) is 17.5. The van der Waals surface area contributed by atoms with E-state index in [9.17, 15) is 46.7 Å². The van der Waals surface area contributed by atoms with E-state index in [1.165, 1.54) is 30.8 Å². The Bertz CT molecular complexity index is 1830. The summed E-state index contributed by atoms with van der Waals surface area (Å²) in [7, 11) is 4.40. The predicted molar refractivity (Wildman–Crippen MR) is 228 cm³/mol. The molecule has 3 aliphatic rings. The van der Waals surface area contributed by atoms with Gasteiger partial charge in [0.1, 0.15) is 41.7 Å². The van der Waals surface area contributed by atoms with E-state index in [4.69, 9.17) is 23.2 Å². The summed E-state index contributed by atoms with van der Waals surface area (Å²) in [4.78, 5) is 102. The zero-order valence-corrected chi connectivity index (χ0v) is 38.2. The average Bonchev–Trinajstić information content (AvgIpc) is 3.20. The third kappa shape index (κ3) is 11.7. The zero-order valence-electron chi connectivity index (χ0n) is 36.7. The average molecular weight is 917 g/mol. The Balaban J connectivity index is 1.60. The van der Waals surface area contributed by atoms with Gasteiger partial charge in [-0.15, -0.1) is 0 Å². The van der Waals surface area contributed by atoms with Crippen molar-refractivity contribution < 1.29 is 46.7 Å². The normalized spacial score (nSPS) is 25.1. The number of halogens is 5. The van der Waals surface area contributed by atoms with Crippen LogP contribution in [0, 0.1) is 11.3 Å². The van der Waals surface area contributed by atoms with Gasteiger partial charge < -0.3 is 35.6 Å². The number of hydrogen-bond donors (Lipinski definition) is 3. The van der Waals surface area contributed by atoms with Crippen molar-refractivity contribution in [2.24, 2.45) is 11.3 Å². The highest BCUT2D eigenvalue weighted by Crippen LogP contribution is 2.51. The summed E-state index contributed by atoms with van der Waals surface area (Å²) < 4.78 is 43.1. The summed E-state index contributed by atoms with van der Waals surface area (Å²) in [5.74, 6) is -4.97. The quantitative estimate of drug-likeness (QED) is 0.301. The van der Waals surface area contributed by atoms with Crippen LogP contribution in [0.1, 0.15) is 104 Å². The second kappa shape index (κ2) is 21.5. The van der Waals surface area contributed by atoms with Crippen LogP contribution in [0.25, 0.3) is 0 Å². The molecule has 0 spiro atoms. The molecule has 19 heteroatoms. The lowest BCUT2D eigenvalue weighted by atomic mass is 9.71. The topological polar surface area (TPSA) is 169 Å². The van der Waals surface area contributed by atoms with Gasteiger partial charge in [-0.1, -0.05) is 63.2 Å². The lowest BCUT2D eigenvalue weighted by molar-refractivity contribution is -0.238. The first-order chi connectivity index (χ1) is 29.0. The largest absolute Gasteiger partial charge is 0.403 e. The molecule has 0 aromatic heterocycles. The Morgan fingerprint density at radius 3 is 2.13 bits per heavy atom. The Hall–Kier alpha value is -4.12. The third-order valence-electron chi connectivity index (χ3n) is 12.6. The molecule has 0 unspecified atom stereocenters. The lowest BCUT2D eigenvalue weighted by Crippen LogP contribution is -2.65. The van der Waals surface area contributed by atoms with Crippen molar-refractivity contribution in [2.45, 2.75) is 147 Å². The van der Waals surface area contributed by atoms with Crippen molar-refractivity contribution in [1.29, 1.82) is 0 Å². The van der Waals surface area contributed by atoms with Gasteiger partial charge in [-0.2, -0.15) is 13.2 Å². The summed E-state index contributed by atoms with van der Waals surface area (Å²) in [5.41, 5.74) is -2.08. The minimum atomic E-state index is -4.78. The van der Waals surface area contributed by atoms with E-state index in [1.807, 2.05) is 13.8 Å².